The third kappa shape index (κ3) is 4.35. The normalized spacial score (nSPS) is 53.1. The zero-order valence-electron chi connectivity index (χ0n) is 28.3. The fourth-order valence-corrected chi connectivity index (χ4v) is 12.7. The van der Waals surface area contributed by atoms with Gasteiger partial charge in [0.2, 0.25) is 0 Å². The van der Waals surface area contributed by atoms with Crippen molar-refractivity contribution >= 4 is 11.9 Å². The van der Waals surface area contributed by atoms with E-state index in [1.54, 1.807) is 6.92 Å². The maximum absolute atomic E-state index is 13.8. The Kier molecular flexibility index (Phi) is 8.38. The van der Waals surface area contributed by atoms with E-state index in [4.69, 9.17) is 9.47 Å². The minimum atomic E-state index is -1.38. The number of aliphatic hydroxyl groups is 4. The lowest BCUT2D eigenvalue weighted by Crippen LogP contribution is -2.68. The predicted molar refractivity (Wildman–Crippen MR) is 167 cm³/mol. The molecule has 10 heteroatoms. The monoisotopic (exact) mass is 648 g/mol. The van der Waals surface area contributed by atoms with Crippen LogP contribution in [0.15, 0.2) is 11.6 Å². The first-order valence-electron chi connectivity index (χ1n) is 17.6. The van der Waals surface area contributed by atoms with E-state index in [0.717, 1.165) is 18.4 Å². The van der Waals surface area contributed by atoms with Gasteiger partial charge in [0.1, 0.15) is 18.3 Å². The molecule has 15 atom stereocenters. The highest BCUT2D eigenvalue weighted by Gasteiger charge is 2.73. The Balaban J connectivity index is 1.36. The summed E-state index contributed by atoms with van der Waals surface area (Å²) in [6.07, 6.45) is 1.48. The molecule has 4 saturated carbocycles. The number of aliphatic carboxylic acids is 2. The van der Waals surface area contributed by atoms with Crippen LogP contribution in [0.25, 0.3) is 0 Å². The molecule has 1 aliphatic heterocycles. The van der Waals surface area contributed by atoms with Crippen LogP contribution in [0.5, 0.6) is 0 Å². The van der Waals surface area contributed by atoms with Crippen LogP contribution < -0.4 is 0 Å². The largest absolute Gasteiger partial charge is 0.481 e. The number of carbonyl (C=O) groups is 2. The zero-order valence-corrected chi connectivity index (χ0v) is 28.3. The van der Waals surface area contributed by atoms with E-state index in [9.17, 15) is 40.2 Å². The van der Waals surface area contributed by atoms with Gasteiger partial charge in [-0.3, -0.25) is 9.59 Å². The van der Waals surface area contributed by atoms with Crippen LogP contribution in [0.1, 0.15) is 99.3 Å². The number of allylic oxidation sites excluding steroid dienone is 1. The van der Waals surface area contributed by atoms with Gasteiger partial charge in [-0.2, -0.15) is 0 Å². The molecule has 0 aromatic heterocycles. The molecule has 1 saturated heterocycles. The maximum atomic E-state index is 13.8. The molecule has 6 N–H and O–H groups in total. The van der Waals surface area contributed by atoms with Crippen molar-refractivity contribution in [2.75, 3.05) is 6.61 Å². The fraction of sp³-hybridized carbons (Fsp3) is 0.889. The van der Waals surface area contributed by atoms with Crippen molar-refractivity contribution in [2.45, 2.75) is 136 Å². The van der Waals surface area contributed by atoms with E-state index < -0.39 is 64.8 Å². The van der Waals surface area contributed by atoms with Crippen LogP contribution in [-0.4, -0.2) is 86.0 Å². The first-order chi connectivity index (χ1) is 21.4. The lowest BCUT2D eigenvalue weighted by molar-refractivity contribution is -0.324. The molecule has 1 heterocycles. The second kappa shape index (κ2) is 11.2. The number of hydrogen-bond donors (Lipinski definition) is 6. The molecule has 0 aromatic carbocycles. The van der Waals surface area contributed by atoms with Crippen LogP contribution in [0.4, 0.5) is 0 Å². The number of aliphatic hydroxyl groups excluding tert-OH is 4. The van der Waals surface area contributed by atoms with Crippen molar-refractivity contribution in [3.8, 4) is 0 Å². The van der Waals surface area contributed by atoms with Crippen LogP contribution in [0, 0.1) is 56.7 Å². The highest BCUT2D eigenvalue weighted by atomic mass is 16.7. The molecule has 260 valence electrons. The second-order valence-electron chi connectivity index (χ2n) is 17.1. The summed E-state index contributed by atoms with van der Waals surface area (Å²) < 4.78 is 12.3. The van der Waals surface area contributed by atoms with Crippen molar-refractivity contribution in [2.24, 2.45) is 56.7 Å². The number of carboxylic acid groups (broad SMARTS) is 2. The molecular formula is C36H56O10. The Morgan fingerprint density at radius 2 is 1.57 bits per heavy atom. The molecule has 0 radical (unpaired) electrons. The summed E-state index contributed by atoms with van der Waals surface area (Å²) in [7, 11) is 0. The number of ether oxygens (including phenoxy) is 2. The summed E-state index contributed by atoms with van der Waals surface area (Å²) in [5.74, 6) is -2.08. The van der Waals surface area contributed by atoms with Crippen LogP contribution in [0.3, 0.4) is 0 Å². The summed E-state index contributed by atoms with van der Waals surface area (Å²) in [5, 5.41) is 63.5. The van der Waals surface area contributed by atoms with Gasteiger partial charge in [-0.1, -0.05) is 46.3 Å². The third-order valence-electron chi connectivity index (χ3n) is 15.3. The lowest BCUT2D eigenvalue weighted by Gasteiger charge is -2.70. The van der Waals surface area contributed by atoms with E-state index in [1.807, 2.05) is 6.92 Å². The topological polar surface area (TPSA) is 174 Å². The Bertz CT molecular complexity index is 1270. The standard InChI is InChI=1S/C36H56O10/c1-18-20(17-37)9-14-35(30(41)42)15-16-36(31(43)44)21(25(18)35)7-8-23-33(5)12-11-24(32(3,4)22(33)10-13-34(23,36)6)46-29-28(40)27(39)26(38)19(2)45-29/h7,18-20,22-29,37-40H,8-17H2,1-6H3,(H,41,42)(H,43,44)/t18-,19+,20-,22-,23+,24-,25-,26+,27-,28+,29-,33-,34+,35-,36+/m0/s1. The van der Waals surface area contributed by atoms with E-state index >= 15 is 0 Å². The minimum Gasteiger partial charge on any atom is -0.481 e. The summed E-state index contributed by atoms with van der Waals surface area (Å²) in [6, 6.07) is 0. The van der Waals surface area contributed by atoms with Crippen LogP contribution in [-0.2, 0) is 19.1 Å². The van der Waals surface area contributed by atoms with Gasteiger partial charge >= 0.3 is 11.9 Å². The van der Waals surface area contributed by atoms with E-state index in [-0.39, 0.29) is 47.2 Å². The molecule has 0 spiro atoms. The third-order valence-corrected chi connectivity index (χ3v) is 15.3. The Hall–Kier alpha value is -1.56. The van der Waals surface area contributed by atoms with Gasteiger partial charge in [0.15, 0.2) is 6.29 Å². The molecule has 5 aliphatic carbocycles. The second-order valence-corrected chi connectivity index (χ2v) is 17.1. The van der Waals surface area contributed by atoms with Crippen molar-refractivity contribution in [3.05, 3.63) is 11.6 Å². The van der Waals surface area contributed by atoms with Gasteiger partial charge in [-0.05, 0) is 111 Å². The summed E-state index contributed by atoms with van der Waals surface area (Å²) in [4.78, 5) is 26.8. The SMILES string of the molecule is C[C@H]1[C@H](CO)CC[C@]2(C(=O)O)CC[C@]3(C(=O)O)C(=CC[C@@H]4[C@@]5(C)CC[C@H](O[C@@H]6O[C@H](C)[C@@H](O)[C@H](O)[C@H]6O)C(C)(C)[C@@H]5CC[C@]43C)[C@H]12. The molecular weight excluding hydrogens is 592 g/mol. The van der Waals surface area contributed by atoms with E-state index in [0.29, 0.717) is 44.9 Å². The van der Waals surface area contributed by atoms with E-state index in [1.165, 1.54) is 0 Å². The van der Waals surface area contributed by atoms with Crippen LogP contribution >= 0.6 is 0 Å². The zero-order chi connectivity index (χ0) is 33.8. The molecule has 0 unspecified atom stereocenters. The quantitative estimate of drug-likeness (QED) is 0.189. The van der Waals surface area contributed by atoms with Gasteiger partial charge in [0.05, 0.1) is 23.0 Å². The first-order valence-corrected chi connectivity index (χ1v) is 17.6. The molecule has 6 aliphatic rings. The Labute approximate surface area is 272 Å². The van der Waals surface area contributed by atoms with Gasteiger partial charge in [0, 0.05) is 6.61 Å². The van der Waals surface area contributed by atoms with Gasteiger partial charge in [0.25, 0.3) is 0 Å². The average Bonchev–Trinajstić information content (AvgIpc) is 2.99. The van der Waals surface area contributed by atoms with Gasteiger partial charge < -0.3 is 40.1 Å². The summed E-state index contributed by atoms with van der Waals surface area (Å²) in [6.45, 7) is 12.5. The highest BCUT2D eigenvalue weighted by molar-refractivity contribution is 5.84. The van der Waals surface area contributed by atoms with Crippen molar-refractivity contribution in [1.82, 2.24) is 0 Å². The molecule has 0 bridgehead atoms. The molecule has 0 aromatic rings. The van der Waals surface area contributed by atoms with Gasteiger partial charge in [-0.15, -0.1) is 0 Å². The smallest absolute Gasteiger partial charge is 0.314 e. The number of carboxylic acids is 2. The first kappa shape index (κ1) is 34.3. The van der Waals surface area contributed by atoms with Crippen molar-refractivity contribution in [3.63, 3.8) is 0 Å². The molecule has 10 nitrogen and oxygen atoms in total. The van der Waals surface area contributed by atoms with Gasteiger partial charge in [-0.25, -0.2) is 0 Å². The summed E-state index contributed by atoms with van der Waals surface area (Å²) >= 11 is 0. The number of hydrogen-bond acceptors (Lipinski definition) is 8. The summed E-state index contributed by atoms with van der Waals surface area (Å²) in [5.41, 5.74) is -2.56. The van der Waals surface area contributed by atoms with Crippen LogP contribution in [0.2, 0.25) is 0 Å². The van der Waals surface area contributed by atoms with Crippen molar-refractivity contribution in [1.29, 1.82) is 0 Å². The number of rotatable bonds is 5. The fourth-order valence-electron chi connectivity index (χ4n) is 12.7. The molecule has 0 amide bonds. The number of fused-ring (bicyclic) bond motifs is 7. The lowest BCUT2D eigenvalue weighted by atomic mass is 9.33. The predicted octanol–water partition coefficient (Wildman–Crippen LogP) is 3.98. The molecule has 46 heavy (non-hydrogen) atoms. The molecule has 6 rings (SSSR count). The highest BCUT2D eigenvalue weighted by Crippen LogP contribution is 2.76. The van der Waals surface area contributed by atoms with Crippen molar-refractivity contribution < 1.29 is 49.7 Å². The molecule has 5 fully saturated rings. The Morgan fingerprint density at radius 1 is 0.870 bits per heavy atom. The maximum Gasteiger partial charge on any atom is 0.314 e. The van der Waals surface area contributed by atoms with E-state index in [2.05, 4.69) is 33.8 Å². The Morgan fingerprint density at radius 3 is 2.20 bits per heavy atom. The minimum absolute atomic E-state index is 0.0277. The average molecular weight is 649 g/mol.